The van der Waals surface area contributed by atoms with Crippen molar-refractivity contribution in [3.05, 3.63) is 33.9 Å². The average molecular weight is 361 g/mol. The number of carbonyl (C=O) groups excluding carboxylic acids is 1. The number of nitro groups is 1. The highest BCUT2D eigenvalue weighted by Crippen LogP contribution is 2.40. The number of anilines is 1. The highest BCUT2D eigenvalue weighted by molar-refractivity contribution is 5.78. The molecule has 0 N–H and O–H groups in total. The van der Waals surface area contributed by atoms with Gasteiger partial charge in [0.1, 0.15) is 0 Å². The Morgan fingerprint density at radius 3 is 2.68 bits per heavy atom. The van der Waals surface area contributed by atoms with Gasteiger partial charge in [-0.25, -0.2) is 5.06 Å². The van der Waals surface area contributed by atoms with Crippen LogP contribution >= 0.6 is 0 Å². The van der Waals surface area contributed by atoms with E-state index in [4.69, 9.17) is 4.84 Å². The van der Waals surface area contributed by atoms with E-state index in [2.05, 4.69) is 0 Å². The molecule has 0 aromatic heterocycles. The van der Waals surface area contributed by atoms with E-state index >= 15 is 0 Å². The first-order valence-electron chi connectivity index (χ1n) is 7.57. The minimum atomic E-state index is -4.73. The molecule has 0 radical (unpaired) electrons. The minimum absolute atomic E-state index is 0.0907. The zero-order chi connectivity index (χ0) is 18.8. The summed E-state index contributed by atoms with van der Waals surface area (Å²) >= 11 is 0. The summed E-state index contributed by atoms with van der Waals surface area (Å²) in [6.07, 6.45) is -3.67. The van der Waals surface area contributed by atoms with E-state index in [0.717, 1.165) is 17.2 Å². The van der Waals surface area contributed by atoms with Gasteiger partial charge in [-0.2, -0.15) is 13.2 Å². The number of carbonyl (C=O) groups is 1. The van der Waals surface area contributed by atoms with Crippen LogP contribution in [-0.2, 0) is 15.8 Å². The second kappa shape index (κ2) is 7.26. The standard InChI is InChI=1S/C15H18F3N3O4/c1-19(25-2)14(22)10-4-3-7-20(9-10)13-6-5-11(21(23)24)8-12(13)15(16,17)18/h5-6,8,10H,3-4,7,9H2,1-2H3/t10-/m1/s1. The van der Waals surface area contributed by atoms with Gasteiger partial charge in [-0.05, 0) is 18.9 Å². The number of alkyl halides is 3. The second-order valence-electron chi connectivity index (χ2n) is 5.76. The van der Waals surface area contributed by atoms with Gasteiger partial charge in [-0.3, -0.25) is 19.7 Å². The van der Waals surface area contributed by atoms with Crippen molar-refractivity contribution in [2.75, 3.05) is 32.1 Å². The van der Waals surface area contributed by atoms with Gasteiger partial charge in [-0.1, -0.05) is 0 Å². The highest BCUT2D eigenvalue weighted by atomic mass is 19.4. The molecular formula is C15H18F3N3O4. The molecule has 1 aliphatic heterocycles. The molecule has 1 fully saturated rings. The second-order valence-corrected chi connectivity index (χ2v) is 5.76. The first-order chi connectivity index (χ1) is 11.6. The first kappa shape index (κ1) is 19.0. The summed E-state index contributed by atoms with van der Waals surface area (Å²) in [6, 6.07) is 2.66. The van der Waals surface area contributed by atoms with E-state index in [-0.39, 0.29) is 18.1 Å². The Hall–Kier alpha value is -2.36. The Kier molecular flexibility index (Phi) is 5.51. The molecule has 1 aliphatic rings. The monoisotopic (exact) mass is 361 g/mol. The molecule has 1 aromatic carbocycles. The summed E-state index contributed by atoms with van der Waals surface area (Å²) in [5, 5.41) is 11.8. The quantitative estimate of drug-likeness (QED) is 0.609. The van der Waals surface area contributed by atoms with Gasteiger partial charge in [-0.15, -0.1) is 0 Å². The Balaban J connectivity index is 2.34. The van der Waals surface area contributed by atoms with Crippen LogP contribution in [0.5, 0.6) is 0 Å². The third-order valence-corrected chi connectivity index (χ3v) is 4.19. The number of benzene rings is 1. The molecule has 1 atom stereocenters. The number of hydroxylamine groups is 2. The van der Waals surface area contributed by atoms with Crippen molar-refractivity contribution >= 4 is 17.3 Å². The molecule has 1 aromatic rings. The van der Waals surface area contributed by atoms with Crippen LogP contribution in [0.1, 0.15) is 18.4 Å². The Morgan fingerprint density at radius 1 is 1.44 bits per heavy atom. The molecule has 25 heavy (non-hydrogen) atoms. The van der Waals surface area contributed by atoms with Crippen molar-refractivity contribution in [3.8, 4) is 0 Å². The number of non-ortho nitro benzene ring substituents is 1. The summed E-state index contributed by atoms with van der Waals surface area (Å²) < 4.78 is 40.0. The minimum Gasteiger partial charge on any atom is -0.370 e. The zero-order valence-electron chi connectivity index (χ0n) is 13.7. The predicted octanol–water partition coefficient (Wildman–Crippen LogP) is 2.85. The van der Waals surface area contributed by atoms with Gasteiger partial charge >= 0.3 is 6.18 Å². The van der Waals surface area contributed by atoms with Crippen LogP contribution in [0, 0.1) is 16.0 Å². The van der Waals surface area contributed by atoms with Crippen LogP contribution in [-0.4, -0.2) is 43.1 Å². The van der Waals surface area contributed by atoms with Crippen molar-refractivity contribution in [1.29, 1.82) is 0 Å². The molecule has 138 valence electrons. The topological polar surface area (TPSA) is 75.9 Å². The molecule has 7 nitrogen and oxygen atoms in total. The van der Waals surface area contributed by atoms with Crippen LogP contribution in [0.2, 0.25) is 0 Å². The summed E-state index contributed by atoms with van der Waals surface area (Å²) in [5.74, 6) is -0.822. The number of piperidine rings is 1. The highest BCUT2D eigenvalue weighted by Gasteiger charge is 2.38. The van der Waals surface area contributed by atoms with Crippen LogP contribution in [0.25, 0.3) is 0 Å². The first-order valence-corrected chi connectivity index (χ1v) is 7.57. The van der Waals surface area contributed by atoms with Crippen LogP contribution in [0.3, 0.4) is 0 Å². The molecule has 0 spiro atoms. The summed E-state index contributed by atoms with van der Waals surface area (Å²) in [7, 11) is 2.77. The summed E-state index contributed by atoms with van der Waals surface area (Å²) in [4.78, 5) is 28.4. The molecule has 0 saturated carbocycles. The molecule has 0 unspecified atom stereocenters. The molecule has 0 bridgehead atoms. The fourth-order valence-electron chi connectivity index (χ4n) is 2.88. The molecule has 0 aliphatic carbocycles. The Bertz CT molecular complexity index is 666. The predicted molar refractivity (Wildman–Crippen MR) is 82.8 cm³/mol. The maximum atomic E-state index is 13.3. The molecule has 2 rings (SSSR count). The van der Waals surface area contributed by atoms with E-state index < -0.39 is 28.3 Å². The zero-order valence-corrected chi connectivity index (χ0v) is 13.7. The van der Waals surface area contributed by atoms with Crippen molar-refractivity contribution in [2.24, 2.45) is 5.92 Å². The van der Waals surface area contributed by atoms with Crippen LogP contribution in [0.15, 0.2) is 18.2 Å². The molecule has 1 heterocycles. The lowest BCUT2D eigenvalue weighted by Crippen LogP contribution is -2.44. The van der Waals surface area contributed by atoms with Crippen LogP contribution in [0.4, 0.5) is 24.5 Å². The fraction of sp³-hybridized carbons (Fsp3) is 0.533. The van der Waals surface area contributed by atoms with Gasteiger partial charge in [0.15, 0.2) is 0 Å². The van der Waals surface area contributed by atoms with E-state index in [1.54, 1.807) is 0 Å². The molecule has 1 amide bonds. The van der Waals surface area contributed by atoms with Crippen molar-refractivity contribution in [3.63, 3.8) is 0 Å². The Labute approximate surface area is 142 Å². The van der Waals surface area contributed by atoms with E-state index in [0.29, 0.717) is 25.5 Å². The lowest BCUT2D eigenvalue weighted by Gasteiger charge is -2.36. The van der Waals surface area contributed by atoms with Crippen molar-refractivity contribution in [2.45, 2.75) is 19.0 Å². The number of nitrogens with zero attached hydrogens (tertiary/aromatic N) is 3. The molecular weight excluding hydrogens is 343 g/mol. The van der Waals surface area contributed by atoms with Gasteiger partial charge in [0.25, 0.3) is 11.6 Å². The van der Waals surface area contributed by atoms with Gasteiger partial charge in [0.05, 0.1) is 23.5 Å². The van der Waals surface area contributed by atoms with Gasteiger partial charge in [0, 0.05) is 38.0 Å². The number of hydrogen-bond acceptors (Lipinski definition) is 5. The average Bonchev–Trinajstić information content (AvgIpc) is 2.59. The SMILES string of the molecule is CON(C)C(=O)[C@@H]1CCCN(c2ccc([N+](=O)[O-])cc2C(F)(F)F)C1. The number of halogens is 3. The smallest absolute Gasteiger partial charge is 0.370 e. The maximum Gasteiger partial charge on any atom is 0.418 e. The summed E-state index contributed by atoms with van der Waals surface area (Å²) in [6.45, 7) is 0.425. The van der Waals surface area contributed by atoms with Gasteiger partial charge < -0.3 is 4.90 Å². The largest absolute Gasteiger partial charge is 0.418 e. The number of rotatable bonds is 4. The molecule has 1 saturated heterocycles. The maximum absolute atomic E-state index is 13.3. The Morgan fingerprint density at radius 2 is 2.12 bits per heavy atom. The number of amides is 1. The van der Waals surface area contributed by atoms with E-state index in [1.165, 1.54) is 19.1 Å². The van der Waals surface area contributed by atoms with Crippen molar-refractivity contribution < 1.29 is 27.7 Å². The van der Waals surface area contributed by atoms with Gasteiger partial charge in [0.2, 0.25) is 0 Å². The normalized spacial score (nSPS) is 18.1. The number of nitro benzene ring substituents is 1. The van der Waals surface area contributed by atoms with E-state index in [1.807, 2.05) is 0 Å². The van der Waals surface area contributed by atoms with Crippen LogP contribution < -0.4 is 4.90 Å². The number of hydrogen-bond donors (Lipinski definition) is 0. The third kappa shape index (κ3) is 4.19. The molecule has 10 heteroatoms. The van der Waals surface area contributed by atoms with E-state index in [9.17, 15) is 28.1 Å². The fourth-order valence-corrected chi connectivity index (χ4v) is 2.88. The lowest BCUT2D eigenvalue weighted by molar-refractivity contribution is -0.385. The lowest BCUT2D eigenvalue weighted by atomic mass is 9.95. The van der Waals surface area contributed by atoms with Crippen molar-refractivity contribution in [1.82, 2.24) is 5.06 Å². The third-order valence-electron chi connectivity index (χ3n) is 4.19. The summed E-state index contributed by atoms with van der Waals surface area (Å²) in [5.41, 5.74) is -1.86.